The van der Waals surface area contributed by atoms with E-state index >= 15 is 0 Å². The Hall–Kier alpha value is -5.78. The highest BCUT2D eigenvalue weighted by Gasteiger charge is 2.52. The number of methoxy groups -OCH3 is 1. The van der Waals surface area contributed by atoms with Crippen molar-refractivity contribution in [1.29, 1.82) is 0 Å². The number of para-hydroxylation sites is 2. The third-order valence-corrected chi connectivity index (χ3v) is 9.60. The van der Waals surface area contributed by atoms with Gasteiger partial charge in [0.2, 0.25) is 0 Å². The number of aliphatic hydroxyl groups is 2. The zero-order valence-corrected chi connectivity index (χ0v) is 28.4. The van der Waals surface area contributed by atoms with Gasteiger partial charge in [0.05, 0.1) is 43.2 Å². The molecular formula is C40H39N5O6. The molecule has 2 N–H and O–H groups in total. The highest BCUT2D eigenvalue weighted by atomic mass is 16.5. The molecule has 0 fully saturated rings. The average molecular weight is 686 g/mol. The molecule has 3 atom stereocenters. The first-order valence-corrected chi connectivity index (χ1v) is 16.9. The van der Waals surface area contributed by atoms with Crippen LogP contribution >= 0.6 is 0 Å². The summed E-state index contributed by atoms with van der Waals surface area (Å²) in [6.07, 6.45) is 6.20. The van der Waals surface area contributed by atoms with Crippen LogP contribution in [0.5, 0.6) is 11.5 Å². The number of aliphatic hydroxyl groups excluding tert-OH is 1. The van der Waals surface area contributed by atoms with Crippen LogP contribution in [-0.4, -0.2) is 57.3 Å². The molecule has 2 aliphatic rings. The van der Waals surface area contributed by atoms with E-state index in [4.69, 9.17) is 9.47 Å². The summed E-state index contributed by atoms with van der Waals surface area (Å²) in [7, 11) is 1.55. The number of rotatable bonds is 12. The van der Waals surface area contributed by atoms with Gasteiger partial charge in [0.15, 0.2) is 12.2 Å². The van der Waals surface area contributed by atoms with Gasteiger partial charge in [0.25, 0.3) is 11.8 Å². The lowest BCUT2D eigenvalue weighted by atomic mass is 9.83. The fraction of sp³-hybridized carbons (Fsp3) is 0.250. The predicted octanol–water partition coefficient (Wildman–Crippen LogP) is 5.49. The summed E-state index contributed by atoms with van der Waals surface area (Å²) in [6.45, 7) is 2.37. The molecule has 2 amide bonds. The minimum Gasteiger partial charge on any atom is -0.497 e. The van der Waals surface area contributed by atoms with E-state index in [2.05, 4.69) is 10.3 Å². The van der Waals surface area contributed by atoms with Gasteiger partial charge in [-0.15, -0.1) is 5.10 Å². The molecule has 0 saturated carbocycles. The number of hydrogen-bond donors (Lipinski definition) is 2. The highest BCUT2D eigenvalue weighted by molar-refractivity contribution is 6.07. The van der Waals surface area contributed by atoms with E-state index in [9.17, 15) is 19.8 Å². The number of amides is 2. The monoisotopic (exact) mass is 685 g/mol. The van der Waals surface area contributed by atoms with Crippen molar-refractivity contribution in [2.45, 2.75) is 38.0 Å². The van der Waals surface area contributed by atoms with Crippen LogP contribution in [0.4, 0.5) is 17.1 Å². The van der Waals surface area contributed by atoms with Crippen LogP contribution in [0.25, 0.3) is 0 Å². The molecule has 4 aromatic carbocycles. The molecule has 0 aliphatic carbocycles. The Labute approximate surface area is 296 Å². The maximum atomic E-state index is 14.3. The van der Waals surface area contributed by atoms with Crippen LogP contribution in [0.2, 0.25) is 0 Å². The smallest absolute Gasteiger partial charge is 0.269 e. The Bertz CT molecular complexity index is 2080. The van der Waals surface area contributed by atoms with Crippen molar-refractivity contribution in [2.75, 3.05) is 30.1 Å². The summed E-state index contributed by atoms with van der Waals surface area (Å²) in [5, 5.41) is 30.8. The lowest BCUT2D eigenvalue weighted by Crippen LogP contribution is -2.44. The molecule has 11 nitrogen and oxygen atoms in total. The van der Waals surface area contributed by atoms with E-state index in [-0.39, 0.29) is 31.6 Å². The lowest BCUT2D eigenvalue weighted by molar-refractivity contribution is -0.139. The molecule has 3 heterocycles. The Morgan fingerprint density at radius 2 is 1.78 bits per heavy atom. The zero-order chi connectivity index (χ0) is 35.5. The van der Waals surface area contributed by atoms with Crippen molar-refractivity contribution in [2.24, 2.45) is 5.92 Å². The summed E-state index contributed by atoms with van der Waals surface area (Å²) >= 11 is 0. The number of aryl methyl sites for hydroxylation is 1. The fourth-order valence-electron chi connectivity index (χ4n) is 6.86. The number of aromatic nitrogens is 3. The number of hydrogen-bond acceptors (Lipinski definition) is 8. The SMILES string of the molecule is COc1ccc2c(c1)[C@@](O)([C@H](C)/C=C/CCn1cc(C(CO)c3ccccc3)nn1)C(=O)N2Cc1cccc(N2C(=O)COc3ccccc32)c1. The summed E-state index contributed by atoms with van der Waals surface area (Å²) in [6, 6.07) is 29.9. The first-order valence-electron chi connectivity index (χ1n) is 16.9. The first kappa shape index (κ1) is 33.7. The molecule has 2 aliphatic heterocycles. The number of nitrogens with zero attached hydrogens (tertiary/aromatic N) is 5. The molecule has 0 radical (unpaired) electrons. The van der Waals surface area contributed by atoms with Crippen molar-refractivity contribution in [3.8, 4) is 11.5 Å². The largest absolute Gasteiger partial charge is 0.497 e. The van der Waals surface area contributed by atoms with Gasteiger partial charge in [-0.3, -0.25) is 19.2 Å². The summed E-state index contributed by atoms with van der Waals surface area (Å²) in [4.78, 5) is 30.5. The van der Waals surface area contributed by atoms with E-state index in [0.29, 0.717) is 52.8 Å². The lowest BCUT2D eigenvalue weighted by Gasteiger charge is -2.30. The highest BCUT2D eigenvalue weighted by Crippen LogP contribution is 2.47. The topological polar surface area (TPSA) is 130 Å². The number of benzene rings is 4. The number of carbonyl (C=O) groups is 2. The quantitative estimate of drug-likeness (QED) is 0.165. The van der Waals surface area contributed by atoms with Crippen LogP contribution in [0.1, 0.15) is 41.6 Å². The fourth-order valence-corrected chi connectivity index (χ4v) is 6.86. The number of allylic oxidation sites excluding steroid dienone is 1. The summed E-state index contributed by atoms with van der Waals surface area (Å²) in [5.74, 6) is -0.337. The number of anilines is 3. The van der Waals surface area contributed by atoms with Gasteiger partial charge >= 0.3 is 0 Å². The summed E-state index contributed by atoms with van der Waals surface area (Å²) < 4.78 is 12.8. The molecule has 7 rings (SSSR count). The molecule has 0 spiro atoms. The standard InChI is InChI=1S/C40H39N5O6/c1-27(11-8-9-20-43-24-34(41-42-43)32(25-46)29-13-4-3-5-14-29)40(49)33-22-31(50-2)18-19-35(33)44(39(40)48)23-28-12-10-15-30(21-28)45-36-16-6-7-17-37(36)51-26-38(45)47/h3-8,10-19,21-22,24,27,32,46,49H,9,20,23,25-26H2,1-2H3/b11-8+/t27-,32?,40+/m1/s1. The summed E-state index contributed by atoms with van der Waals surface area (Å²) in [5.41, 5.74) is 2.96. The molecule has 0 saturated heterocycles. The molecule has 51 heavy (non-hydrogen) atoms. The maximum absolute atomic E-state index is 14.3. The molecule has 5 aromatic rings. The second-order valence-corrected chi connectivity index (χ2v) is 12.8. The van der Waals surface area contributed by atoms with Crippen LogP contribution < -0.4 is 19.3 Å². The average Bonchev–Trinajstić information content (AvgIpc) is 3.71. The van der Waals surface area contributed by atoms with Crippen LogP contribution in [-0.2, 0) is 28.3 Å². The van der Waals surface area contributed by atoms with Crippen molar-refractivity contribution in [3.63, 3.8) is 0 Å². The van der Waals surface area contributed by atoms with Crippen molar-refractivity contribution < 1.29 is 29.3 Å². The zero-order valence-electron chi connectivity index (χ0n) is 28.4. The van der Waals surface area contributed by atoms with E-state index in [1.165, 1.54) is 0 Å². The van der Waals surface area contributed by atoms with Gasteiger partial charge in [-0.2, -0.15) is 0 Å². The van der Waals surface area contributed by atoms with Crippen molar-refractivity contribution >= 4 is 28.9 Å². The van der Waals surface area contributed by atoms with Gasteiger partial charge in [-0.1, -0.05) is 78.9 Å². The number of carbonyl (C=O) groups excluding carboxylic acids is 2. The molecule has 1 aromatic heterocycles. The minimum atomic E-state index is -1.85. The Kier molecular flexibility index (Phi) is 9.40. The maximum Gasteiger partial charge on any atom is 0.269 e. The Morgan fingerprint density at radius 3 is 2.59 bits per heavy atom. The molecular weight excluding hydrogens is 646 g/mol. The van der Waals surface area contributed by atoms with Crippen molar-refractivity contribution in [1.82, 2.24) is 15.0 Å². The number of fused-ring (bicyclic) bond motifs is 2. The van der Waals surface area contributed by atoms with Gasteiger partial charge < -0.3 is 24.6 Å². The predicted molar refractivity (Wildman–Crippen MR) is 192 cm³/mol. The van der Waals surface area contributed by atoms with E-state index in [1.54, 1.807) is 39.8 Å². The molecule has 1 unspecified atom stereocenters. The molecule has 260 valence electrons. The van der Waals surface area contributed by atoms with Gasteiger partial charge in [0, 0.05) is 29.9 Å². The van der Waals surface area contributed by atoms with Crippen molar-refractivity contribution in [3.05, 3.63) is 138 Å². The van der Waals surface area contributed by atoms with Gasteiger partial charge in [-0.05, 0) is 60.0 Å². The third kappa shape index (κ3) is 6.37. The Balaban J connectivity index is 1.09. The van der Waals surface area contributed by atoms with Gasteiger partial charge in [0.1, 0.15) is 11.5 Å². The van der Waals surface area contributed by atoms with E-state index < -0.39 is 17.4 Å². The third-order valence-electron chi connectivity index (χ3n) is 9.60. The second-order valence-electron chi connectivity index (χ2n) is 12.8. The second kappa shape index (κ2) is 14.2. The molecule has 11 heteroatoms. The van der Waals surface area contributed by atoms with E-state index in [0.717, 1.165) is 11.1 Å². The van der Waals surface area contributed by atoms with Crippen LogP contribution in [0.15, 0.2) is 115 Å². The molecule has 0 bridgehead atoms. The Morgan fingerprint density at radius 1 is 0.980 bits per heavy atom. The van der Waals surface area contributed by atoms with E-state index in [1.807, 2.05) is 104 Å². The van der Waals surface area contributed by atoms with Gasteiger partial charge in [-0.25, -0.2) is 0 Å². The van der Waals surface area contributed by atoms with Crippen LogP contribution in [0.3, 0.4) is 0 Å². The van der Waals surface area contributed by atoms with Crippen LogP contribution in [0, 0.1) is 5.92 Å². The normalized spacial score (nSPS) is 18.0. The number of ether oxygens (including phenoxy) is 2. The minimum absolute atomic E-state index is 0.0716. The first-order chi connectivity index (χ1) is 24.8.